The standard InChI is InChI=1S/C16H23N3/c1-13(2)14(3)11-17-12-15-5-7-16(8-6-15)19-10-4-9-18-19/h4-10,13-14,17H,11-12H2,1-3H3. The summed E-state index contributed by atoms with van der Waals surface area (Å²) in [6, 6.07) is 10.5. The summed E-state index contributed by atoms with van der Waals surface area (Å²) in [5.41, 5.74) is 2.41. The van der Waals surface area contributed by atoms with E-state index in [-0.39, 0.29) is 0 Å². The lowest BCUT2D eigenvalue weighted by molar-refractivity contribution is 0.392. The molecule has 0 saturated carbocycles. The van der Waals surface area contributed by atoms with Gasteiger partial charge in [0.25, 0.3) is 0 Å². The van der Waals surface area contributed by atoms with Crippen LogP contribution in [0.1, 0.15) is 26.3 Å². The first-order chi connectivity index (χ1) is 9.16. The van der Waals surface area contributed by atoms with Gasteiger partial charge in [0.15, 0.2) is 0 Å². The number of aromatic nitrogens is 2. The molecule has 1 N–H and O–H groups in total. The number of nitrogens with zero attached hydrogens (tertiary/aromatic N) is 2. The third kappa shape index (κ3) is 3.93. The second-order valence-corrected chi connectivity index (χ2v) is 5.47. The Bertz CT molecular complexity index is 471. The molecule has 0 bridgehead atoms. The Kier molecular flexibility index (Phi) is 4.74. The van der Waals surface area contributed by atoms with E-state index in [0.29, 0.717) is 5.92 Å². The van der Waals surface area contributed by atoms with Crippen molar-refractivity contribution in [3.05, 3.63) is 48.3 Å². The van der Waals surface area contributed by atoms with E-state index in [1.807, 2.05) is 16.9 Å². The van der Waals surface area contributed by atoms with Crippen molar-refractivity contribution in [1.82, 2.24) is 15.1 Å². The van der Waals surface area contributed by atoms with E-state index in [1.54, 1.807) is 6.20 Å². The lowest BCUT2D eigenvalue weighted by Crippen LogP contribution is -2.23. The van der Waals surface area contributed by atoms with Gasteiger partial charge in [0, 0.05) is 18.9 Å². The van der Waals surface area contributed by atoms with Crippen molar-refractivity contribution in [2.75, 3.05) is 6.54 Å². The molecule has 102 valence electrons. The van der Waals surface area contributed by atoms with Gasteiger partial charge in [-0.15, -0.1) is 0 Å². The fourth-order valence-corrected chi connectivity index (χ4v) is 1.87. The van der Waals surface area contributed by atoms with E-state index in [1.165, 1.54) is 5.56 Å². The molecule has 0 fully saturated rings. The zero-order valence-electron chi connectivity index (χ0n) is 12.0. The van der Waals surface area contributed by atoms with Crippen molar-refractivity contribution >= 4 is 0 Å². The molecule has 0 spiro atoms. The highest BCUT2D eigenvalue weighted by molar-refractivity contribution is 5.33. The van der Waals surface area contributed by atoms with E-state index in [9.17, 15) is 0 Å². The summed E-state index contributed by atoms with van der Waals surface area (Å²) in [5.74, 6) is 1.44. The molecule has 3 nitrogen and oxygen atoms in total. The maximum absolute atomic E-state index is 4.22. The van der Waals surface area contributed by atoms with E-state index >= 15 is 0 Å². The highest BCUT2D eigenvalue weighted by Gasteiger charge is 2.05. The lowest BCUT2D eigenvalue weighted by atomic mass is 9.98. The topological polar surface area (TPSA) is 29.9 Å². The molecule has 19 heavy (non-hydrogen) atoms. The molecule has 1 aromatic heterocycles. The number of hydrogen-bond acceptors (Lipinski definition) is 2. The zero-order chi connectivity index (χ0) is 13.7. The van der Waals surface area contributed by atoms with Crippen LogP contribution in [0.3, 0.4) is 0 Å². The zero-order valence-corrected chi connectivity index (χ0v) is 12.0. The number of nitrogens with one attached hydrogen (secondary N) is 1. The van der Waals surface area contributed by atoms with Gasteiger partial charge in [-0.1, -0.05) is 32.9 Å². The van der Waals surface area contributed by atoms with Crippen LogP contribution in [0.2, 0.25) is 0 Å². The molecular formula is C16H23N3. The van der Waals surface area contributed by atoms with Crippen LogP contribution in [0.25, 0.3) is 5.69 Å². The first-order valence-electron chi connectivity index (χ1n) is 6.96. The van der Waals surface area contributed by atoms with Crippen molar-refractivity contribution in [1.29, 1.82) is 0 Å². The van der Waals surface area contributed by atoms with Gasteiger partial charge in [0.1, 0.15) is 0 Å². The van der Waals surface area contributed by atoms with Crippen molar-refractivity contribution < 1.29 is 0 Å². The fraction of sp³-hybridized carbons (Fsp3) is 0.438. The van der Waals surface area contributed by atoms with Crippen LogP contribution in [0, 0.1) is 11.8 Å². The van der Waals surface area contributed by atoms with E-state index in [0.717, 1.165) is 24.7 Å². The molecule has 0 saturated heterocycles. The molecule has 0 aliphatic heterocycles. The van der Waals surface area contributed by atoms with Gasteiger partial charge in [0.05, 0.1) is 5.69 Å². The average Bonchev–Trinajstić information content (AvgIpc) is 2.93. The molecular weight excluding hydrogens is 234 g/mol. The second-order valence-electron chi connectivity index (χ2n) is 5.47. The van der Waals surface area contributed by atoms with E-state index < -0.39 is 0 Å². The highest BCUT2D eigenvalue weighted by Crippen LogP contribution is 2.10. The van der Waals surface area contributed by atoms with Crippen LogP contribution < -0.4 is 5.32 Å². The molecule has 2 rings (SSSR count). The molecule has 1 aromatic carbocycles. The van der Waals surface area contributed by atoms with Crippen molar-refractivity contribution in [2.45, 2.75) is 27.3 Å². The quantitative estimate of drug-likeness (QED) is 0.861. The summed E-state index contributed by atoms with van der Waals surface area (Å²) in [6.45, 7) is 8.82. The van der Waals surface area contributed by atoms with Crippen LogP contribution >= 0.6 is 0 Å². The summed E-state index contributed by atoms with van der Waals surface area (Å²) in [4.78, 5) is 0. The van der Waals surface area contributed by atoms with Gasteiger partial charge >= 0.3 is 0 Å². The summed E-state index contributed by atoms with van der Waals surface area (Å²) < 4.78 is 1.87. The molecule has 0 amide bonds. The molecule has 1 heterocycles. The van der Waals surface area contributed by atoms with Crippen molar-refractivity contribution in [2.24, 2.45) is 11.8 Å². The predicted octanol–water partition coefficient (Wildman–Crippen LogP) is 3.25. The molecule has 3 heteroatoms. The van der Waals surface area contributed by atoms with Gasteiger partial charge in [-0.2, -0.15) is 5.10 Å². The van der Waals surface area contributed by atoms with E-state index in [4.69, 9.17) is 0 Å². The molecule has 1 unspecified atom stereocenters. The van der Waals surface area contributed by atoms with Crippen LogP contribution in [0.5, 0.6) is 0 Å². The average molecular weight is 257 g/mol. The molecule has 1 atom stereocenters. The normalized spacial score (nSPS) is 12.8. The maximum Gasteiger partial charge on any atom is 0.0645 e. The summed E-state index contributed by atoms with van der Waals surface area (Å²) in [5, 5.41) is 7.74. The molecule has 0 aliphatic carbocycles. The monoisotopic (exact) mass is 257 g/mol. The number of rotatable bonds is 6. The minimum atomic E-state index is 0.711. The third-order valence-corrected chi connectivity index (χ3v) is 3.64. The Morgan fingerprint density at radius 3 is 2.47 bits per heavy atom. The van der Waals surface area contributed by atoms with Crippen molar-refractivity contribution in [3.8, 4) is 5.69 Å². The minimum absolute atomic E-state index is 0.711. The van der Waals surface area contributed by atoms with Crippen LogP contribution in [0.4, 0.5) is 0 Å². The Morgan fingerprint density at radius 2 is 1.89 bits per heavy atom. The molecule has 0 aliphatic rings. The van der Waals surface area contributed by atoms with Crippen LogP contribution in [0.15, 0.2) is 42.7 Å². The maximum atomic E-state index is 4.22. The Balaban J connectivity index is 1.86. The largest absolute Gasteiger partial charge is 0.312 e. The predicted molar refractivity (Wildman–Crippen MR) is 79.3 cm³/mol. The van der Waals surface area contributed by atoms with Gasteiger partial charge in [-0.05, 0) is 42.1 Å². The fourth-order valence-electron chi connectivity index (χ4n) is 1.87. The molecule has 2 aromatic rings. The van der Waals surface area contributed by atoms with Gasteiger partial charge in [0.2, 0.25) is 0 Å². The third-order valence-electron chi connectivity index (χ3n) is 3.64. The van der Waals surface area contributed by atoms with Gasteiger partial charge in [-0.3, -0.25) is 0 Å². The first-order valence-corrected chi connectivity index (χ1v) is 6.96. The summed E-state index contributed by atoms with van der Waals surface area (Å²) >= 11 is 0. The lowest BCUT2D eigenvalue weighted by Gasteiger charge is -2.16. The summed E-state index contributed by atoms with van der Waals surface area (Å²) in [7, 11) is 0. The van der Waals surface area contributed by atoms with Crippen LogP contribution in [-0.2, 0) is 6.54 Å². The molecule has 0 radical (unpaired) electrons. The Morgan fingerprint density at radius 1 is 1.16 bits per heavy atom. The minimum Gasteiger partial charge on any atom is -0.312 e. The van der Waals surface area contributed by atoms with Crippen molar-refractivity contribution in [3.63, 3.8) is 0 Å². The van der Waals surface area contributed by atoms with Crippen LogP contribution in [-0.4, -0.2) is 16.3 Å². The Hall–Kier alpha value is -1.61. The SMILES string of the molecule is CC(C)C(C)CNCc1ccc(-n2cccn2)cc1. The summed E-state index contributed by atoms with van der Waals surface area (Å²) in [6.07, 6.45) is 3.75. The van der Waals surface area contributed by atoms with E-state index in [2.05, 4.69) is 55.5 Å². The number of hydrogen-bond donors (Lipinski definition) is 1. The Labute approximate surface area is 115 Å². The second kappa shape index (κ2) is 6.53. The van der Waals surface area contributed by atoms with Gasteiger partial charge < -0.3 is 5.32 Å². The number of benzene rings is 1. The van der Waals surface area contributed by atoms with Gasteiger partial charge in [-0.25, -0.2) is 4.68 Å². The first kappa shape index (κ1) is 13.8. The smallest absolute Gasteiger partial charge is 0.0645 e. The highest BCUT2D eigenvalue weighted by atomic mass is 15.3.